The maximum atomic E-state index is 12.9. The molecule has 13 heteroatoms. The molecule has 1 aromatic carbocycles. The summed E-state index contributed by atoms with van der Waals surface area (Å²) in [5, 5.41) is 2.33. The van der Waals surface area contributed by atoms with E-state index in [1.165, 1.54) is 37.6 Å². The van der Waals surface area contributed by atoms with Gasteiger partial charge in [-0.05, 0) is 42.0 Å². The Labute approximate surface area is 197 Å². The van der Waals surface area contributed by atoms with Crippen molar-refractivity contribution < 1.29 is 27.5 Å². The molecule has 10 nitrogen and oxygen atoms in total. The zero-order valence-corrected chi connectivity index (χ0v) is 19.3. The van der Waals surface area contributed by atoms with E-state index in [9.17, 15) is 22.8 Å². The molecule has 0 fully saturated rings. The smallest absolute Gasteiger partial charge is 0.333 e. The number of urea groups is 1. The van der Waals surface area contributed by atoms with Crippen LogP contribution in [0.15, 0.2) is 52.9 Å². The van der Waals surface area contributed by atoms with Crippen molar-refractivity contribution in [2.75, 3.05) is 17.3 Å². The number of methoxy groups -OCH3 is 1. The number of anilines is 2. The zero-order chi connectivity index (χ0) is 23.8. The lowest BCUT2D eigenvalue weighted by Gasteiger charge is -2.26. The maximum absolute atomic E-state index is 12.9. The number of nitrogens with one attached hydrogen (secondary N) is 2. The quantitative estimate of drug-likeness (QED) is 0.508. The molecular formula is C20H15ClN4O6S2. The average molecular weight is 507 g/mol. The standard InChI is InChI=1S/C20H15ClN4O6S2/c1-31-13-4-2-11-8-17(26)25(19(27)14(11)9-13)16-6-3-12(10-22-16)23-20(28)24-33(29,30)18-7-5-15(21)32-18/h2-7,9-10H,8H2,1H3,(H2,23,24,28). The highest BCUT2D eigenvalue weighted by Crippen LogP contribution is 2.28. The summed E-state index contributed by atoms with van der Waals surface area (Å²) < 4.78 is 31.6. The third-order valence-electron chi connectivity index (χ3n) is 4.62. The van der Waals surface area contributed by atoms with Gasteiger partial charge in [-0.15, -0.1) is 11.3 Å². The molecule has 0 aliphatic carbocycles. The molecular weight excluding hydrogens is 492 g/mol. The Morgan fingerprint density at radius 1 is 1.18 bits per heavy atom. The van der Waals surface area contributed by atoms with Crippen LogP contribution in [0.1, 0.15) is 15.9 Å². The molecule has 170 valence electrons. The van der Waals surface area contributed by atoms with Crippen molar-refractivity contribution >= 4 is 62.3 Å². The summed E-state index contributed by atoms with van der Waals surface area (Å²) in [5.41, 5.74) is 1.07. The van der Waals surface area contributed by atoms with E-state index < -0.39 is 27.9 Å². The van der Waals surface area contributed by atoms with Gasteiger partial charge in [-0.2, -0.15) is 0 Å². The van der Waals surface area contributed by atoms with Crippen LogP contribution in [0.25, 0.3) is 0 Å². The fraction of sp³-hybridized carbons (Fsp3) is 0.100. The molecule has 1 aliphatic rings. The van der Waals surface area contributed by atoms with Gasteiger partial charge < -0.3 is 10.1 Å². The van der Waals surface area contributed by atoms with Crippen LogP contribution < -0.4 is 19.7 Å². The Bertz CT molecular complexity index is 1370. The van der Waals surface area contributed by atoms with E-state index >= 15 is 0 Å². The van der Waals surface area contributed by atoms with E-state index in [1.54, 1.807) is 18.2 Å². The van der Waals surface area contributed by atoms with E-state index in [1.807, 2.05) is 4.72 Å². The van der Waals surface area contributed by atoms with Crippen LogP contribution in [0.5, 0.6) is 5.75 Å². The first-order valence-corrected chi connectivity index (χ1v) is 11.9. The summed E-state index contributed by atoms with van der Waals surface area (Å²) in [6.07, 6.45) is 1.21. The van der Waals surface area contributed by atoms with Gasteiger partial charge in [-0.3, -0.25) is 9.59 Å². The summed E-state index contributed by atoms with van der Waals surface area (Å²) in [4.78, 5) is 42.6. The molecule has 0 radical (unpaired) electrons. The molecule has 3 heterocycles. The van der Waals surface area contributed by atoms with E-state index in [4.69, 9.17) is 16.3 Å². The highest BCUT2D eigenvalue weighted by molar-refractivity contribution is 7.92. The second-order valence-corrected chi connectivity index (χ2v) is 10.4. The van der Waals surface area contributed by atoms with Gasteiger partial charge in [0.15, 0.2) is 0 Å². The van der Waals surface area contributed by atoms with Gasteiger partial charge in [0.25, 0.3) is 15.9 Å². The van der Waals surface area contributed by atoms with Gasteiger partial charge in [-0.1, -0.05) is 17.7 Å². The minimum absolute atomic E-state index is 0.0136. The number of hydrogen-bond acceptors (Lipinski definition) is 8. The van der Waals surface area contributed by atoms with Crippen LogP contribution in [0.3, 0.4) is 0 Å². The number of imide groups is 1. The molecule has 0 spiro atoms. The van der Waals surface area contributed by atoms with Gasteiger partial charge in [0.2, 0.25) is 5.91 Å². The van der Waals surface area contributed by atoms with Crippen molar-refractivity contribution in [3.8, 4) is 5.75 Å². The summed E-state index contributed by atoms with van der Waals surface area (Å²) in [6, 6.07) is 9.31. The molecule has 33 heavy (non-hydrogen) atoms. The van der Waals surface area contributed by atoms with Gasteiger partial charge in [-0.25, -0.2) is 27.8 Å². The van der Waals surface area contributed by atoms with Crippen molar-refractivity contribution in [1.82, 2.24) is 9.71 Å². The summed E-state index contributed by atoms with van der Waals surface area (Å²) in [7, 11) is -2.61. The predicted octanol–water partition coefficient (Wildman–Crippen LogP) is 3.04. The van der Waals surface area contributed by atoms with Crippen LogP contribution in [-0.2, 0) is 21.2 Å². The Morgan fingerprint density at radius 2 is 1.97 bits per heavy atom. The number of ether oxygens (including phenoxy) is 1. The van der Waals surface area contributed by atoms with Crippen molar-refractivity contribution in [1.29, 1.82) is 0 Å². The van der Waals surface area contributed by atoms with Gasteiger partial charge in [0.05, 0.1) is 29.8 Å². The lowest BCUT2D eigenvalue weighted by atomic mass is 9.98. The summed E-state index contributed by atoms with van der Waals surface area (Å²) in [6.45, 7) is 0. The van der Waals surface area contributed by atoms with E-state index in [0.717, 1.165) is 16.2 Å². The first-order valence-electron chi connectivity index (χ1n) is 9.27. The fourth-order valence-corrected chi connectivity index (χ4v) is 5.50. The number of pyridine rings is 1. The Balaban J connectivity index is 1.48. The Kier molecular flexibility index (Phi) is 6.06. The number of rotatable bonds is 5. The molecule has 3 aromatic rings. The SMILES string of the molecule is COc1ccc2c(c1)C(=O)N(c1ccc(NC(=O)NS(=O)(=O)c3ccc(Cl)s3)cn1)C(=O)C2. The normalized spacial score (nSPS) is 13.5. The van der Waals surface area contributed by atoms with Crippen LogP contribution >= 0.6 is 22.9 Å². The number of aromatic nitrogens is 1. The van der Waals surface area contributed by atoms with Crippen molar-refractivity contribution in [2.45, 2.75) is 10.6 Å². The van der Waals surface area contributed by atoms with Crippen LogP contribution in [0.2, 0.25) is 4.34 Å². The molecule has 2 aromatic heterocycles. The van der Waals surface area contributed by atoms with Crippen LogP contribution in [-0.4, -0.2) is 38.4 Å². The van der Waals surface area contributed by atoms with E-state index in [0.29, 0.717) is 16.9 Å². The number of nitrogens with zero attached hydrogens (tertiary/aromatic N) is 2. The van der Waals surface area contributed by atoms with Crippen LogP contribution in [0.4, 0.5) is 16.3 Å². The lowest BCUT2D eigenvalue weighted by Crippen LogP contribution is -2.43. The van der Waals surface area contributed by atoms with Gasteiger partial charge >= 0.3 is 6.03 Å². The second kappa shape index (κ2) is 8.81. The molecule has 1 aliphatic heterocycles. The number of carbonyl (C=O) groups excluding carboxylic acids is 3. The highest BCUT2D eigenvalue weighted by atomic mass is 35.5. The topological polar surface area (TPSA) is 135 Å². The van der Waals surface area contributed by atoms with Crippen molar-refractivity contribution in [3.63, 3.8) is 0 Å². The molecule has 0 unspecified atom stereocenters. The number of hydrogen-bond donors (Lipinski definition) is 2. The zero-order valence-electron chi connectivity index (χ0n) is 16.9. The second-order valence-electron chi connectivity index (χ2n) is 6.76. The maximum Gasteiger partial charge on any atom is 0.333 e. The Hall–Kier alpha value is -3.48. The van der Waals surface area contributed by atoms with Gasteiger partial charge in [0, 0.05) is 5.56 Å². The highest BCUT2D eigenvalue weighted by Gasteiger charge is 2.33. The molecule has 0 bridgehead atoms. The molecule has 0 atom stereocenters. The lowest BCUT2D eigenvalue weighted by molar-refractivity contribution is -0.117. The van der Waals surface area contributed by atoms with Crippen molar-refractivity contribution in [2.24, 2.45) is 0 Å². The third kappa shape index (κ3) is 4.67. The predicted molar refractivity (Wildman–Crippen MR) is 121 cm³/mol. The number of fused-ring (bicyclic) bond motifs is 1. The van der Waals surface area contributed by atoms with Crippen LogP contribution in [0, 0.1) is 0 Å². The minimum atomic E-state index is -4.09. The summed E-state index contributed by atoms with van der Waals surface area (Å²) in [5.74, 6) is -0.462. The molecule has 4 rings (SSSR count). The number of sulfonamides is 1. The molecule has 2 N–H and O–H groups in total. The number of benzene rings is 1. The molecule has 0 saturated carbocycles. The molecule has 4 amide bonds. The third-order valence-corrected chi connectivity index (χ3v) is 7.67. The largest absolute Gasteiger partial charge is 0.497 e. The summed E-state index contributed by atoms with van der Waals surface area (Å²) >= 11 is 6.54. The average Bonchev–Trinajstić information content (AvgIpc) is 3.22. The first-order chi connectivity index (χ1) is 15.7. The van der Waals surface area contributed by atoms with Gasteiger partial charge in [0.1, 0.15) is 15.8 Å². The number of amides is 4. The first kappa shape index (κ1) is 22.7. The number of carbonyl (C=O) groups is 3. The van der Waals surface area contributed by atoms with Crippen molar-refractivity contribution in [3.05, 3.63) is 64.1 Å². The minimum Gasteiger partial charge on any atom is -0.497 e. The fourth-order valence-electron chi connectivity index (χ4n) is 3.11. The molecule has 0 saturated heterocycles. The van der Waals surface area contributed by atoms with E-state index in [2.05, 4.69) is 10.3 Å². The number of halogens is 1. The Morgan fingerprint density at radius 3 is 2.61 bits per heavy atom. The monoisotopic (exact) mass is 506 g/mol. The van der Waals surface area contributed by atoms with E-state index in [-0.39, 0.29) is 26.5 Å². The number of thiophene rings is 1.